The molecule has 5 nitrogen and oxygen atoms in total. The number of aromatic nitrogens is 1. The van der Waals surface area contributed by atoms with E-state index in [-0.39, 0.29) is 11.8 Å². The molecule has 3 N–H and O–H groups in total. The van der Waals surface area contributed by atoms with Crippen molar-refractivity contribution >= 4 is 22.8 Å². The lowest BCUT2D eigenvalue weighted by molar-refractivity contribution is -0.138. The Bertz CT molecular complexity index is 1220. The summed E-state index contributed by atoms with van der Waals surface area (Å²) in [4.78, 5) is 23.0. The van der Waals surface area contributed by atoms with Gasteiger partial charge in [-0.2, -0.15) is 13.2 Å². The van der Waals surface area contributed by atoms with Crippen LogP contribution >= 0.6 is 0 Å². The number of carboxylic acid groups (broad SMARTS) is 1. The summed E-state index contributed by atoms with van der Waals surface area (Å²) in [6, 6.07) is 10.4. The Labute approximate surface area is 195 Å². The number of hydrogen-bond donors (Lipinski definition) is 2. The zero-order valence-corrected chi connectivity index (χ0v) is 18.9. The van der Waals surface area contributed by atoms with Crippen LogP contribution < -0.4 is 5.73 Å². The summed E-state index contributed by atoms with van der Waals surface area (Å²) < 4.78 is 40.7. The van der Waals surface area contributed by atoms with Crippen LogP contribution in [-0.2, 0) is 22.9 Å². The number of halogens is 3. The van der Waals surface area contributed by atoms with Gasteiger partial charge in [0.05, 0.1) is 16.6 Å². The summed E-state index contributed by atoms with van der Waals surface area (Å²) in [6.45, 7) is 2.46. The zero-order chi connectivity index (χ0) is 24.7. The van der Waals surface area contributed by atoms with E-state index in [1.165, 1.54) is 12.1 Å². The van der Waals surface area contributed by atoms with Crippen LogP contribution in [0.2, 0.25) is 0 Å². The molecule has 0 aliphatic heterocycles. The number of carbonyl (C=O) groups excluding carboxylic acids is 1. The van der Waals surface area contributed by atoms with Crippen molar-refractivity contribution in [3.63, 3.8) is 0 Å². The van der Waals surface area contributed by atoms with E-state index in [0.29, 0.717) is 35.5 Å². The first-order chi connectivity index (χ1) is 16.0. The van der Waals surface area contributed by atoms with E-state index in [1.807, 2.05) is 16.8 Å². The molecule has 1 saturated carbocycles. The fraction of sp³-hybridized carbons (Fsp3) is 0.385. The highest BCUT2D eigenvalue weighted by Crippen LogP contribution is 2.51. The van der Waals surface area contributed by atoms with E-state index >= 15 is 0 Å². The highest BCUT2D eigenvalue weighted by molar-refractivity contribution is 6.06. The van der Waals surface area contributed by atoms with Gasteiger partial charge in [0.15, 0.2) is 0 Å². The van der Waals surface area contributed by atoms with Gasteiger partial charge in [0, 0.05) is 24.5 Å². The largest absolute Gasteiger partial charge is 0.481 e. The maximum atomic E-state index is 12.9. The molecule has 0 bridgehead atoms. The number of carbonyl (C=O) groups is 2. The topological polar surface area (TPSA) is 85.3 Å². The number of benzene rings is 2. The van der Waals surface area contributed by atoms with Crippen LogP contribution in [0.25, 0.3) is 10.9 Å². The minimum absolute atomic E-state index is 0.131. The summed E-state index contributed by atoms with van der Waals surface area (Å²) in [5, 5.41) is 9.78. The van der Waals surface area contributed by atoms with Gasteiger partial charge in [-0.15, -0.1) is 0 Å². The second-order valence-electron chi connectivity index (χ2n) is 9.55. The van der Waals surface area contributed by atoms with Crippen LogP contribution in [-0.4, -0.2) is 21.6 Å². The van der Waals surface area contributed by atoms with Gasteiger partial charge >= 0.3 is 12.1 Å². The average molecular weight is 473 g/mol. The van der Waals surface area contributed by atoms with Crippen LogP contribution in [0.15, 0.2) is 48.7 Å². The molecule has 8 heteroatoms. The number of alkyl halides is 3. The minimum Gasteiger partial charge on any atom is -0.481 e. The number of nitrogens with two attached hydrogens (primary N) is 1. The second kappa shape index (κ2) is 8.81. The van der Waals surface area contributed by atoms with Crippen molar-refractivity contribution < 1.29 is 27.9 Å². The number of hydrogen-bond acceptors (Lipinski definition) is 2. The van der Waals surface area contributed by atoms with E-state index in [0.717, 1.165) is 42.3 Å². The van der Waals surface area contributed by atoms with Gasteiger partial charge in [-0.3, -0.25) is 9.59 Å². The first kappa shape index (κ1) is 23.9. The smallest absolute Gasteiger partial charge is 0.416 e. The Morgan fingerprint density at radius 3 is 2.41 bits per heavy atom. The standard InChI is InChI=1S/C26H27F3N2O3/c1-25(12-17(13-25)4-2-7-22(32)33)21-15-31(23-19(21)5-3-6-20(23)24(30)34)14-16-8-10-18(11-9-16)26(27,28)29/h3,5-6,8-11,15,17H,2,4,7,12-14H2,1H3,(H2,30,34)(H,32,33). The molecule has 1 aromatic heterocycles. The molecule has 0 atom stereocenters. The van der Waals surface area contributed by atoms with Crippen LogP contribution in [0.1, 0.15) is 66.1 Å². The summed E-state index contributed by atoms with van der Waals surface area (Å²) in [7, 11) is 0. The third-order valence-electron chi connectivity index (χ3n) is 6.93. The maximum absolute atomic E-state index is 12.9. The fourth-order valence-electron chi connectivity index (χ4n) is 5.34. The van der Waals surface area contributed by atoms with Gasteiger partial charge in [0.1, 0.15) is 0 Å². The zero-order valence-electron chi connectivity index (χ0n) is 18.9. The molecule has 3 aromatic rings. The van der Waals surface area contributed by atoms with Gasteiger partial charge < -0.3 is 15.4 Å². The lowest BCUT2D eigenvalue weighted by Gasteiger charge is -2.46. The van der Waals surface area contributed by atoms with Crippen molar-refractivity contribution in [3.05, 3.63) is 70.9 Å². The second-order valence-corrected chi connectivity index (χ2v) is 9.55. The molecule has 1 aliphatic rings. The van der Waals surface area contributed by atoms with Crippen molar-refractivity contribution in [1.82, 2.24) is 4.57 Å². The van der Waals surface area contributed by atoms with Crippen molar-refractivity contribution in [2.75, 3.05) is 0 Å². The van der Waals surface area contributed by atoms with E-state index in [2.05, 4.69) is 6.92 Å². The molecule has 0 saturated heterocycles. The lowest BCUT2D eigenvalue weighted by atomic mass is 9.58. The van der Waals surface area contributed by atoms with Crippen LogP contribution in [0.3, 0.4) is 0 Å². The number of aliphatic carboxylic acids is 1. The van der Waals surface area contributed by atoms with Gasteiger partial charge in [0.25, 0.3) is 5.91 Å². The number of primary amides is 1. The number of para-hydroxylation sites is 1. The molecule has 34 heavy (non-hydrogen) atoms. The predicted molar refractivity (Wildman–Crippen MR) is 123 cm³/mol. The van der Waals surface area contributed by atoms with E-state index < -0.39 is 23.6 Å². The van der Waals surface area contributed by atoms with Crippen molar-refractivity contribution in [2.45, 2.75) is 57.2 Å². The Kier molecular flexibility index (Phi) is 6.18. The number of rotatable bonds is 8. The third kappa shape index (κ3) is 4.67. The van der Waals surface area contributed by atoms with Gasteiger partial charge in [-0.25, -0.2) is 0 Å². The first-order valence-corrected chi connectivity index (χ1v) is 11.3. The van der Waals surface area contributed by atoms with Gasteiger partial charge in [-0.1, -0.05) is 31.2 Å². The monoisotopic (exact) mass is 472 g/mol. The van der Waals surface area contributed by atoms with Gasteiger partial charge in [0.2, 0.25) is 0 Å². The number of amides is 1. The van der Waals surface area contributed by atoms with Crippen LogP contribution in [0.5, 0.6) is 0 Å². The highest BCUT2D eigenvalue weighted by Gasteiger charge is 2.43. The molecule has 180 valence electrons. The van der Waals surface area contributed by atoms with Crippen molar-refractivity contribution in [2.24, 2.45) is 11.7 Å². The van der Waals surface area contributed by atoms with E-state index in [1.54, 1.807) is 12.1 Å². The molecule has 1 aliphatic carbocycles. The summed E-state index contributed by atoms with van der Waals surface area (Å²) in [5.41, 5.74) is 7.62. The van der Waals surface area contributed by atoms with Crippen LogP contribution in [0.4, 0.5) is 13.2 Å². The van der Waals surface area contributed by atoms with Gasteiger partial charge in [-0.05, 0) is 66.3 Å². The van der Waals surface area contributed by atoms with Crippen molar-refractivity contribution in [1.29, 1.82) is 0 Å². The number of carboxylic acids is 1. The lowest BCUT2D eigenvalue weighted by Crippen LogP contribution is -2.38. The Hall–Kier alpha value is -3.29. The minimum atomic E-state index is -4.40. The molecule has 1 amide bonds. The van der Waals surface area contributed by atoms with E-state index in [9.17, 15) is 22.8 Å². The fourth-order valence-corrected chi connectivity index (χ4v) is 5.34. The molecule has 1 fully saturated rings. The number of fused-ring (bicyclic) bond motifs is 1. The Morgan fingerprint density at radius 2 is 1.82 bits per heavy atom. The van der Waals surface area contributed by atoms with Crippen molar-refractivity contribution in [3.8, 4) is 0 Å². The summed E-state index contributed by atoms with van der Waals surface area (Å²) in [5.74, 6) is -0.904. The molecule has 0 radical (unpaired) electrons. The quantitative estimate of drug-likeness (QED) is 0.439. The molecule has 0 unspecified atom stereocenters. The average Bonchev–Trinajstić information content (AvgIpc) is 3.10. The first-order valence-electron chi connectivity index (χ1n) is 11.3. The maximum Gasteiger partial charge on any atom is 0.416 e. The molecule has 0 spiro atoms. The summed E-state index contributed by atoms with van der Waals surface area (Å²) >= 11 is 0. The predicted octanol–water partition coefficient (Wildman–Crippen LogP) is 5.73. The number of nitrogens with zero attached hydrogens (tertiary/aromatic N) is 1. The highest BCUT2D eigenvalue weighted by atomic mass is 19.4. The van der Waals surface area contributed by atoms with Crippen LogP contribution in [0, 0.1) is 5.92 Å². The Morgan fingerprint density at radius 1 is 1.15 bits per heavy atom. The normalized spacial score (nSPS) is 20.3. The Balaban J connectivity index is 1.65. The SMILES string of the molecule is CC1(c2cn(Cc3ccc(C(F)(F)F)cc3)c3c(C(N)=O)cccc23)CC(CCCC(=O)O)C1. The van der Waals surface area contributed by atoms with E-state index in [4.69, 9.17) is 10.8 Å². The molecular weight excluding hydrogens is 445 g/mol. The summed E-state index contributed by atoms with van der Waals surface area (Å²) in [6.07, 6.45) is 1.09. The molecular formula is C26H27F3N2O3. The molecule has 1 heterocycles. The molecule has 4 rings (SSSR count). The molecule has 2 aromatic carbocycles. The third-order valence-corrected chi connectivity index (χ3v) is 6.93.